The van der Waals surface area contributed by atoms with E-state index in [1.807, 2.05) is 24.3 Å². The van der Waals surface area contributed by atoms with Crippen LogP contribution in [0.4, 0.5) is 10.1 Å². The monoisotopic (exact) mass is 377 g/mol. The van der Waals surface area contributed by atoms with Crippen molar-refractivity contribution in [2.75, 3.05) is 18.5 Å². The lowest BCUT2D eigenvalue weighted by molar-refractivity contribution is -0.125. The highest BCUT2D eigenvalue weighted by atomic mass is 79.9. The predicted octanol–water partition coefficient (Wildman–Crippen LogP) is 4.28. The minimum atomic E-state index is -0.682. The standard InChI is InChI=1S/C18H17BrFNO2/c19-14-3-7-16(8-4-14)21-17(22)18(9-11-23-12-10-18)13-1-5-15(20)6-2-13/h1-8H,9-12H2,(H,21,22). The van der Waals surface area contributed by atoms with E-state index in [4.69, 9.17) is 4.74 Å². The number of rotatable bonds is 3. The van der Waals surface area contributed by atoms with Crippen LogP contribution in [0.5, 0.6) is 0 Å². The van der Waals surface area contributed by atoms with Gasteiger partial charge in [-0.15, -0.1) is 0 Å². The fourth-order valence-electron chi connectivity index (χ4n) is 2.92. The Morgan fingerprint density at radius 1 is 1.04 bits per heavy atom. The van der Waals surface area contributed by atoms with E-state index >= 15 is 0 Å². The van der Waals surface area contributed by atoms with Gasteiger partial charge in [-0.2, -0.15) is 0 Å². The van der Waals surface area contributed by atoms with Crippen molar-refractivity contribution in [3.8, 4) is 0 Å². The third-order valence-corrected chi connectivity index (χ3v) is 4.81. The van der Waals surface area contributed by atoms with E-state index in [9.17, 15) is 9.18 Å². The molecule has 3 rings (SSSR count). The van der Waals surface area contributed by atoms with Crippen LogP contribution in [0.2, 0.25) is 0 Å². The molecule has 0 spiro atoms. The zero-order valence-electron chi connectivity index (χ0n) is 12.5. The topological polar surface area (TPSA) is 38.3 Å². The van der Waals surface area contributed by atoms with Crippen LogP contribution < -0.4 is 5.32 Å². The Hall–Kier alpha value is -1.72. The van der Waals surface area contributed by atoms with Gasteiger partial charge in [-0.25, -0.2) is 4.39 Å². The van der Waals surface area contributed by atoms with Gasteiger partial charge in [0.2, 0.25) is 5.91 Å². The summed E-state index contributed by atoms with van der Waals surface area (Å²) in [7, 11) is 0. The number of amides is 1. The summed E-state index contributed by atoms with van der Waals surface area (Å²) < 4.78 is 19.6. The molecule has 2 aromatic rings. The molecule has 1 aliphatic heterocycles. The van der Waals surface area contributed by atoms with Gasteiger partial charge in [0.15, 0.2) is 0 Å². The van der Waals surface area contributed by atoms with Crippen molar-refractivity contribution in [1.82, 2.24) is 0 Å². The number of carbonyl (C=O) groups is 1. The fraction of sp³-hybridized carbons (Fsp3) is 0.278. The molecule has 0 aromatic heterocycles. The van der Waals surface area contributed by atoms with E-state index in [1.165, 1.54) is 12.1 Å². The normalized spacial score (nSPS) is 16.8. The molecule has 5 heteroatoms. The molecule has 1 saturated heterocycles. The van der Waals surface area contributed by atoms with Crippen LogP contribution in [0, 0.1) is 5.82 Å². The zero-order chi connectivity index (χ0) is 16.3. The van der Waals surface area contributed by atoms with Crippen LogP contribution in [0.15, 0.2) is 53.0 Å². The average Bonchev–Trinajstić information content (AvgIpc) is 2.58. The summed E-state index contributed by atoms with van der Waals surface area (Å²) in [5.41, 5.74) is 0.891. The molecule has 3 nitrogen and oxygen atoms in total. The number of hydrogen-bond donors (Lipinski definition) is 1. The van der Waals surface area contributed by atoms with Crippen LogP contribution in [0.3, 0.4) is 0 Å². The zero-order valence-corrected chi connectivity index (χ0v) is 14.1. The third-order valence-electron chi connectivity index (χ3n) is 4.28. The summed E-state index contributed by atoms with van der Waals surface area (Å²) in [6, 6.07) is 13.6. The second kappa shape index (κ2) is 6.81. The summed E-state index contributed by atoms with van der Waals surface area (Å²) in [5.74, 6) is -0.376. The maximum absolute atomic E-state index is 13.2. The number of anilines is 1. The SMILES string of the molecule is O=C(Nc1ccc(Br)cc1)C1(c2ccc(F)cc2)CCOCC1. The lowest BCUT2D eigenvalue weighted by atomic mass is 9.73. The van der Waals surface area contributed by atoms with Gasteiger partial charge in [-0.1, -0.05) is 28.1 Å². The molecule has 1 N–H and O–H groups in total. The lowest BCUT2D eigenvalue weighted by Gasteiger charge is -2.36. The average molecular weight is 378 g/mol. The first-order valence-corrected chi connectivity index (χ1v) is 8.30. The highest BCUT2D eigenvalue weighted by Gasteiger charge is 2.41. The van der Waals surface area contributed by atoms with Crippen molar-refractivity contribution < 1.29 is 13.9 Å². The van der Waals surface area contributed by atoms with Gasteiger partial charge < -0.3 is 10.1 Å². The Kier molecular flexibility index (Phi) is 4.78. The summed E-state index contributed by atoms with van der Waals surface area (Å²) in [6.45, 7) is 1.04. The molecule has 2 aromatic carbocycles. The molecule has 0 aliphatic carbocycles. The molecule has 1 fully saturated rings. The summed E-state index contributed by atoms with van der Waals surface area (Å²) in [6.07, 6.45) is 1.17. The molecule has 1 heterocycles. The Morgan fingerprint density at radius 2 is 1.65 bits per heavy atom. The fourth-order valence-corrected chi connectivity index (χ4v) is 3.18. The Morgan fingerprint density at radius 3 is 2.26 bits per heavy atom. The van der Waals surface area contributed by atoms with E-state index in [0.29, 0.717) is 26.1 Å². The number of hydrogen-bond acceptors (Lipinski definition) is 2. The molecule has 0 atom stereocenters. The van der Waals surface area contributed by atoms with E-state index in [2.05, 4.69) is 21.2 Å². The van der Waals surface area contributed by atoms with Crippen LogP contribution in [-0.2, 0) is 14.9 Å². The van der Waals surface area contributed by atoms with Crippen molar-refractivity contribution in [3.05, 3.63) is 64.4 Å². The summed E-state index contributed by atoms with van der Waals surface area (Å²) in [4.78, 5) is 13.0. The molecule has 23 heavy (non-hydrogen) atoms. The number of carbonyl (C=O) groups excluding carboxylic acids is 1. The van der Waals surface area contributed by atoms with Crippen LogP contribution in [0.25, 0.3) is 0 Å². The van der Waals surface area contributed by atoms with Crippen LogP contribution >= 0.6 is 15.9 Å². The van der Waals surface area contributed by atoms with Gasteiger partial charge in [0, 0.05) is 23.4 Å². The maximum Gasteiger partial charge on any atom is 0.235 e. The van der Waals surface area contributed by atoms with Crippen molar-refractivity contribution in [2.45, 2.75) is 18.3 Å². The third kappa shape index (κ3) is 3.46. The second-order valence-electron chi connectivity index (χ2n) is 5.66. The van der Waals surface area contributed by atoms with Crippen molar-refractivity contribution in [1.29, 1.82) is 0 Å². The molecule has 0 radical (unpaired) electrons. The van der Waals surface area contributed by atoms with Gasteiger partial charge in [-0.05, 0) is 54.8 Å². The second-order valence-corrected chi connectivity index (χ2v) is 6.58. The first-order chi connectivity index (χ1) is 11.1. The Balaban J connectivity index is 1.90. The van der Waals surface area contributed by atoms with E-state index in [1.54, 1.807) is 12.1 Å². The minimum absolute atomic E-state index is 0.0743. The highest BCUT2D eigenvalue weighted by Crippen LogP contribution is 2.36. The highest BCUT2D eigenvalue weighted by molar-refractivity contribution is 9.10. The molecule has 1 aliphatic rings. The Bertz CT molecular complexity index is 679. The molecule has 120 valence electrons. The first-order valence-electron chi connectivity index (χ1n) is 7.51. The molecular formula is C18H17BrFNO2. The van der Waals surface area contributed by atoms with Gasteiger partial charge in [0.05, 0.1) is 5.41 Å². The van der Waals surface area contributed by atoms with E-state index in [0.717, 1.165) is 15.7 Å². The van der Waals surface area contributed by atoms with Gasteiger partial charge >= 0.3 is 0 Å². The molecular weight excluding hydrogens is 361 g/mol. The molecule has 0 saturated carbocycles. The largest absolute Gasteiger partial charge is 0.381 e. The van der Waals surface area contributed by atoms with Gasteiger partial charge in [0.1, 0.15) is 5.82 Å². The van der Waals surface area contributed by atoms with E-state index in [-0.39, 0.29) is 11.7 Å². The number of nitrogens with one attached hydrogen (secondary N) is 1. The number of halogens is 2. The molecule has 1 amide bonds. The van der Waals surface area contributed by atoms with E-state index < -0.39 is 5.41 Å². The van der Waals surface area contributed by atoms with Gasteiger partial charge in [0.25, 0.3) is 0 Å². The van der Waals surface area contributed by atoms with Crippen LogP contribution in [-0.4, -0.2) is 19.1 Å². The smallest absolute Gasteiger partial charge is 0.235 e. The number of ether oxygens (including phenoxy) is 1. The van der Waals surface area contributed by atoms with Gasteiger partial charge in [-0.3, -0.25) is 4.79 Å². The predicted molar refractivity (Wildman–Crippen MR) is 90.9 cm³/mol. The molecule has 0 bridgehead atoms. The minimum Gasteiger partial charge on any atom is -0.381 e. The maximum atomic E-state index is 13.2. The van der Waals surface area contributed by atoms with Crippen molar-refractivity contribution in [3.63, 3.8) is 0 Å². The Labute approximate surface area is 143 Å². The quantitative estimate of drug-likeness (QED) is 0.866. The summed E-state index contributed by atoms with van der Waals surface area (Å²) >= 11 is 3.38. The van der Waals surface area contributed by atoms with Crippen LogP contribution in [0.1, 0.15) is 18.4 Å². The molecule has 0 unspecified atom stereocenters. The van der Waals surface area contributed by atoms with Crippen molar-refractivity contribution in [2.24, 2.45) is 0 Å². The number of benzene rings is 2. The van der Waals surface area contributed by atoms with Crippen molar-refractivity contribution >= 4 is 27.5 Å². The first kappa shape index (κ1) is 16.1. The summed E-state index contributed by atoms with van der Waals surface area (Å²) in [5, 5.41) is 2.98. The lowest BCUT2D eigenvalue weighted by Crippen LogP contribution is -2.44.